The van der Waals surface area contributed by atoms with E-state index in [1.54, 1.807) is 29.5 Å². The Labute approximate surface area is 136 Å². The van der Waals surface area contributed by atoms with Crippen LogP contribution in [0, 0.1) is 0 Å². The lowest BCUT2D eigenvalue weighted by atomic mass is 10.2. The number of aromatic nitrogens is 1. The maximum atomic E-state index is 11.9. The number of thiophene rings is 1. The van der Waals surface area contributed by atoms with Gasteiger partial charge in [-0.1, -0.05) is 35.0 Å². The summed E-state index contributed by atoms with van der Waals surface area (Å²) in [5, 5.41) is 9.43. The second kappa shape index (κ2) is 6.77. The lowest BCUT2D eigenvalue weighted by Gasteiger charge is -2.04. The molecule has 0 aliphatic rings. The molecule has 0 unspecified atom stereocenters. The minimum Gasteiger partial charge on any atom is -0.355 e. The van der Waals surface area contributed by atoms with E-state index in [2.05, 4.69) is 10.5 Å². The minimum atomic E-state index is -0.0963. The molecule has 0 bridgehead atoms. The number of nitrogens with one attached hydrogen (secondary N) is 1. The summed E-state index contributed by atoms with van der Waals surface area (Å²) < 4.78 is 5.25. The minimum absolute atomic E-state index is 0.0963. The topological polar surface area (TPSA) is 55.1 Å². The van der Waals surface area contributed by atoms with Crippen LogP contribution in [-0.2, 0) is 17.8 Å². The number of hydrogen-bond donors (Lipinski definition) is 1. The van der Waals surface area contributed by atoms with Crippen LogP contribution in [-0.4, -0.2) is 11.1 Å². The molecule has 1 aromatic carbocycles. The van der Waals surface area contributed by atoms with E-state index in [9.17, 15) is 4.79 Å². The molecule has 6 heteroatoms. The van der Waals surface area contributed by atoms with E-state index in [0.717, 1.165) is 10.4 Å². The van der Waals surface area contributed by atoms with Gasteiger partial charge in [0.1, 0.15) is 0 Å². The maximum Gasteiger partial charge on any atom is 0.226 e. The number of carbonyl (C=O) groups excluding carboxylic acids is 1. The van der Waals surface area contributed by atoms with E-state index in [1.807, 2.05) is 29.6 Å². The van der Waals surface area contributed by atoms with E-state index in [0.29, 0.717) is 23.0 Å². The Balaban J connectivity index is 1.54. The molecule has 1 amide bonds. The molecule has 0 radical (unpaired) electrons. The van der Waals surface area contributed by atoms with Crippen LogP contribution in [0.15, 0.2) is 52.4 Å². The Kier molecular flexibility index (Phi) is 4.56. The Hall–Kier alpha value is -2.11. The van der Waals surface area contributed by atoms with Gasteiger partial charge in [-0.2, -0.15) is 0 Å². The van der Waals surface area contributed by atoms with Crippen molar-refractivity contribution in [1.82, 2.24) is 10.5 Å². The maximum absolute atomic E-state index is 11.9. The van der Waals surface area contributed by atoms with Crippen LogP contribution in [0.2, 0.25) is 5.02 Å². The Morgan fingerprint density at radius 1 is 1.27 bits per heavy atom. The van der Waals surface area contributed by atoms with Crippen LogP contribution < -0.4 is 5.32 Å². The van der Waals surface area contributed by atoms with Gasteiger partial charge in [0.05, 0.1) is 17.0 Å². The lowest BCUT2D eigenvalue weighted by Crippen LogP contribution is -2.24. The van der Waals surface area contributed by atoms with Crippen LogP contribution >= 0.6 is 22.9 Å². The molecule has 3 rings (SSSR count). The summed E-state index contributed by atoms with van der Waals surface area (Å²) >= 11 is 7.39. The second-order valence-electron chi connectivity index (χ2n) is 4.74. The molecule has 0 aliphatic carbocycles. The normalized spacial score (nSPS) is 10.6. The first-order chi connectivity index (χ1) is 10.7. The first kappa shape index (κ1) is 14.8. The monoisotopic (exact) mass is 332 g/mol. The molecule has 0 atom stereocenters. The Bertz CT molecular complexity index is 751. The fourth-order valence-electron chi connectivity index (χ4n) is 1.96. The predicted molar refractivity (Wildman–Crippen MR) is 86.8 cm³/mol. The molecule has 0 spiro atoms. The van der Waals surface area contributed by atoms with Crippen LogP contribution in [0.5, 0.6) is 0 Å². The van der Waals surface area contributed by atoms with Crippen molar-refractivity contribution < 1.29 is 9.32 Å². The molecule has 0 aliphatic heterocycles. The van der Waals surface area contributed by atoms with Gasteiger partial charge in [0, 0.05) is 17.6 Å². The standard InChI is InChI=1S/C16H13ClN2O2S/c17-12-5-3-11(4-6-12)10-18-16(20)9-13-8-14(21-19-13)15-2-1-7-22-15/h1-8H,9-10H2,(H,18,20). The summed E-state index contributed by atoms with van der Waals surface area (Å²) in [5.41, 5.74) is 1.62. The van der Waals surface area contributed by atoms with Gasteiger partial charge in [-0.3, -0.25) is 4.79 Å². The Morgan fingerprint density at radius 3 is 2.82 bits per heavy atom. The van der Waals surface area contributed by atoms with E-state index >= 15 is 0 Å². The summed E-state index contributed by atoms with van der Waals surface area (Å²) in [5.74, 6) is 0.594. The van der Waals surface area contributed by atoms with E-state index in [4.69, 9.17) is 16.1 Å². The molecule has 2 aromatic heterocycles. The molecule has 22 heavy (non-hydrogen) atoms. The fourth-order valence-corrected chi connectivity index (χ4v) is 2.76. The van der Waals surface area contributed by atoms with Gasteiger partial charge in [-0.05, 0) is 29.1 Å². The van der Waals surface area contributed by atoms with Crippen molar-refractivity contribution in [2.24, 2.45) is 0 Å². The highest BCUT2D eigenvalue weighted by Crippen LogP contribution is 2.25. The average Bonchev–Trinajstić information content (AvgIpc) is 3.17. The lowest BCUT2D eigenvalue weighted by molar-refractivity contribution is -0.120. The zero-order chi connectivity index (χ0) is 15.4. The van der Waals surface area contributed by atoms with Gasteiger partial charge in [-0.15, -0.1) is 11.3 Å². The third kappa shape index (κ3) is 3.75. The number of hydrogen-bond acceptors (Lipinski definition) is 4. The van der Waals surface area contributed by atoms with Crippen molar-refractivity contribution in [3.05, 3.63) is 64.1 Å². The second-order valence-corrected chi connectivity index (χ2v) is 6.12. The molecule has 2 heterocycles. The highest BCUT2D eigenvalue weighted by Gasteiger charge is 2.11. The van der Waals surface area contributed by atoms with Crippen molar-refractivity contribution in [1.29, 1.82) is 0 Å². The number of carbonyl (C=O) groups is 1. The number of halogens is 1. The van der Waals surface area contributed by atoms with Gasteiger partial charge in [0.2, 0.25) is 5.91 Å². The molecule has 0 saturated carbocycles. The van der Waals surface area contributed by atoms with E-state index in [-0.39, 0.29) is 12.3 Å². The third-order valence-corrected chi connectivity index (χ3v) is 4.20. The van der Waals surface area contributed by atoms with Crippen LogP contribution in [0.4, 0.5) is 0 Å². The number of nitrogens with zero attached hydrogens (tertiary/aromatic N) is 1. The Morgan fingerprint density at radius 2 is 2.09 bits per heavy atom. The average molecular weight is 333 g/mol. The first-order valence-electron chi connectivity index (χ1n) is 6.71. The van der Waals surface area contributed by atoms with Crippen LogP contribution in [0.1, 0.15) is 11.3 Å². The number of benzene rings is 1. The summed E-state index contributed by atoms with van der Waals surface area (Å²) in [6.07, 6.45) is 0.197. The van der Waals surface area contributed by atoms with Gasteiger partial charge in [-0.25, -0.2) is 0 Å². The van der Waals surface area contributed by atoms with Gasteiger partial charge < -0.3 is 9.84 Å². The van der Waals surface area contributed by atoms with Crippen molar-refractivity contribution in [3.63, 3.8) is 0 Å². The number of amides is 1. The summed E-state index contributed by atoms with van der Waals surface area (Å²) in [7, 11) is 0. The van der Waals surface area contributed by atoms with Gasteiger partial charge in [0.15, 0.2) is 5.76 Å². The van der Waals surface area contributed by atoms with E-state index in [1.165, 1.54) is 0 Å². The van der Waals surface area contributed by atoms with Crippen molar-refractivity contribution in [2.75, 3.05) is 0 Å². The number of rotatable bonds is 5. The van der Waals surface area contributed by atoms with Gasteiger partial charge in [0.25, 0.3) is 0 Å². The van der Waals surface area contributed by atoms with Crippen molar-refractivity contribution >= 4 is 28.8 Å². The third-order valence-electron chi connectivity index (χ3n) is 3.07. The smallest absolute Gasteiger partial charge is 0.226 e. The molecule has 0 fully saturated rings. The SMILES string of the molecule is O=C(Cc1cc(-c2cccs2)on1)NCc1ccc(Cl)cc1. The highest BCUT2D eigenvalue weighted by molar-refractivity contribution is 7.13. The molecule has 3 aromatic rings. The quantitative estimate of drug-likeness (QED) is 0.770. The summed E-state index contributed by atoms with van der Waals surface area (Å²) in [6, 6.07) is 13.1. The molecule has 1 N–H and O–H groups in total. The molecule has 4 nitrogen and oxygen atoms in total. The summed E-state index contributed by atoms with van der Waals surface area (Å²) in [4.78, 5) is 12.9. The highest BCUT2D eigenvalue weighted by atomic mass is 35.5. The van der Waals surface area contributed by atoms with Crippen molar-refractivity contribution in [2.45, 2.75) is 13.0 Å². The summed E-state index contributed by atoms with van der Waals surface area (Å²) in [6.45, 7) is 0.464. The first-order valence-corrected chi connectivity index (χ1v) is 7.97. The largest absolute Gasteiger partial charge is 0.355 e. The van der Waals surface area contributed by atoms with Crippen LogP contribution in [0.25, 0.3) is 10.6 Å². The zero-order valence-electron chi connectivity index (χ0n) is 11.6. The fraction of sp³-hybridized carbons (Fsp3) is 0.125. The van der Waals surface area contributed by atoms with Gasteiger partial charge >= 0.3 is 0 Å². The zero-order valence-corrected chi connectivity index (χ0v) is 13.2. The predicted octanol–water partition coefficient (Wildman–Crippen LogP) is 3.92. The molecular formula is C16H13ClN2O2S. The molecular weight excluding hydrogens is 320 g/mol. The van der Waals surface area contributed by atoms with Crippen molar-refractivity contribution in [3.8, 4) is 10.6 Å². The molecule has 0 saturated heterocycles. The molecule has 112 valence electrons. The van der Waals surface area contributed by atoms with E-state index < -0.39 is 0 Å². The van der Waals surface area contributed by atoms with Crippen LogP contribution in [0.3, 0.4) is 0 Å².